The first-order valence-electron chi connectivity index (χ1n) is 7.30. The van der Waals surface area contributed by atoms with Gasteiger partial charge in [-0.05, 0) is 11.5 Å². The van der Waals surface area contributed by atoms with Gasteiger partial charge in [-0.2, -0.15) is 0 Å². The number of hydrogen-bond donors (Lipinski definition) is 1. The van der Waals surface area contributed by atoms with Crippen LogP contribution in [-0.2, 0) is 16.1 Å². The number of carbonyl (C=O) groups is 1. The van der Waals surface area contributed by atoms with Gasteiger partial charge in [0.1, 0.15) is 6.04 Å². The van der Waals surface area contributed by atoms with Crippen molar-refractivity contribution >= 4 is 5.91 Å². The molecule has 1 saturated heterocycles. The van der Waals surface area contributed by atoms with E-state index in [1.54, 1.807) is 0 Å². The first-order chi connectivity index (χ1) is 9.66. The highest BCUT2D eigenvalue weighted by molar-refractivity contribution is 5.82. The number of nitrogens with one attached hydrogen (secondary N) is 1. The molecule has 1 fully saturated rings. The summed E-state index contributed by atoms with van der Waals surface area (Å²) in [6.45, 7) is 7.91. The summed E-state index contributed by atoms with van der Waals surface area (Å²) in [4.78, 5) is 14.6. The Morgan fingerprint density at radius 2 is 2.15 bits per heavy atom. The van der Waals surface area contributed by atoms with E-state index in [2.05, 4.69) is 24.1 Å². The zero-order chi connectivity index (χ0) is 14.4. The third-order valence-corrected chi connectivity index (χ3v) is 3.45. The van der Waals surface area contributed by atoms with Crippen LogP contribution in [0.1, 0.15) is 19.4 Å². The molecule has 0 unspecified atom stereocenters. The van der Waals surface area contributed by atoms with Gasteiger partial charge in [-0.1, -0.05) is 44.2 Å². The Kier molecular flexibility index (Phi) is 5.56. The summed E-state index contributed by atoms with van der Waals surface area (Å²) in [5, 5.41) is 3.01. The van der Waals surface area contributed by atoms with Crippen molar-refractivity contribution in [2.24, 2.45) is 5.92 Å². The molecule has 1 heterocycles. The Morgan fingerprint density at radius 3 is 2.85 bits per heavy atom. The lowest BCUT2D eigenvalue weighted by molar-refractivity contribution is -0.133. The second-order valence-corrected chi connectivity index (χ2v) is 5.68. The Hall–Kier alpha value is -1.39. The Balaban J connectivity index is 1.89. The van der Waals surface area contributed by atoms with Crippen LogP contribution in [0.25, 0.3) is 0 Å². The molecule has 2 rings (SSSR count). The number of amides is 1. The molecule has 1 atom stereocenters. The minimum absolute atomic E-state index is 0.0641. The summed E-state index contributed by atoms with van der Waals surface area (Å²) >= 11 is 0. The van der Waals surface area contributed by atoms with Crippen LogP contribution in [0.4, 0.5) is 0 Å². The van der Waals surface area contributed by atoms with E-state index in [1.807, 2.05) is 30.3 Å². The lowest BCUT2D eigenvalue weighted by Gasteiger charge is -2.35. The van der Waals surface area contributed by atoms with Crippen LogP contribution in [0.2, 0.25) is 0 Å². The van der Waals surface area contributed by atoms with Gasteiger partial charge in [0.05, 0.1) is 13.2 Å². The lowest BCUT2D eigenvalue weighted by atomic mass is 10.1. The van der Waals surface area contributed by atoms with Crippen LogP contribution in [0.3, 0.4) is 0 Å². The number of nitrogens with zero attached hydrogens (tertiary/aromatic N) is 1. The quantitative estimate of drug-likeness (QED) is 0.889. The standard InChI is InChI=1S/C16H24N2O2/c1-13(2)11-18-8-9-20-12-15(18)16(19)17-10-14-6-4-3-5-7-14/h3-7,13,15H,8-12H2,1-2H3,(H,17,19)/t15-/m1/s1. The number of rotatable bonds is 5. The van der Waals surface area contributed by atoms with Gasteiger partial charge in [0, 0.05) is 19.6 Å². The Morgan fingerprint density at radius 1 is 1.40 bits per heavy atom. The van der Waals surface area contributed by atoms with Gasteiger partial charge in [0.15, 0.2) is 0 Å². The molecule has 20 heavy (non-hydrogen) atoms. The maximum Gasteiger partial charge on any atom is 0.240 e. The average Bonchev–Trinajstić information content (AvgIpc) is 2.46. The zero-order valence-corrected chi connectivity index (χ0v) is 12.3. The molecular weight excluding hydrogens is 252 g/mol. The SMILES string of the molecule is CC(C)CN1CCOC[C@@H]1C(=O)NCc1ccccc1. The van der Waals surface area contributed by atoms with E-state index in [-0.39, 0.29) is 11.9 Å². The van der Waals surface area contributed by atoms with Gasteiger partial charge < -0.3 is 10.1 Å². The predicted molar refractivity (Wildman–Crippen MR) is 79.3 cm³/mol. The topological polar surface area (TPSA) is 41.6 Å². The van der Waals surface area contributed by atoms with Crippen molar-refractivity contribution in [1.82, 2.24) is 10.2 Å². The van der Waals surface area contributed by atoms with Crippen LogP contribution >= 0.6 is 0 Å². The number of carbonyl (C=O) groups excluding carboxylic acids is 1. The van der Waals surface area contributed by atoms with Crippen LogP contribution in [0, 0.1) is 5.92 Å². The second kappa shape index (κ2) is 7.41. The highest BCUT2D eigenvalue weighted by atomic mass is 16.5. The minimum Gasteiger partial charge on any atom is -0.378 e. The van der Waals surface area contributed by atoms with E-state index in [4.69, 9.17) is 4.74 Å². The van der Waals surface area contributed by atoms with Gasteiger partial charge in [-0.25, -0.2) is 0 Å². The zero-order valence-electron chi connectivity index (χ0n) is 12.3. The summed E-state index contributed by atoms with van der Waals surface area (Å²) in [5.41, 5.74) is 1.12. The molecule has 0 bridgehead atoms. The van der Waals surface area contributed by atoms with Crippen LogP contribution in [0.5, 0.6) is 0 Å². The highest BCUT2D eigenvalue weighted by Gasteiger charge is 2.29. The number of ether oxygens (including phenoxy) is 1. The van der Waals surface area contributed by atoms with Gasteiger partial charge >= 0.3 is 0 Å². The number of morpholine rings is 1. The smallest absolute Gasteiger partial charge is 0.240 e. The molecule has 1 aliphatic rings. The van der Waals surface area contributed by atoms with Gasteiger partial charge in [-0.15, -0.1) is 0 Å². The molecular formula is C16H24N2O2. The molecule has 1 N–H and O–H groups in total. The third kappa shape index (κ3) is 4.32. The number of benzene rings is 1. The van der Waals surface area contributed by atoms with Crippen molar-refractivity contribution in [3.63, 3.8) is 0 Å². The molecule has 0 spiro atoms. The fraction of sp³-hybridized carbons (Fsp3) is 0.562. The van der Waals surface area contributed by atoms with Gasteiger partial charge in [0.25, 0.3) is 0 Å². The first-order valence-corrected chi connectivity index (χ1v) is 7.30. The maximum absolute atomic E-state index is 12.3. The van der Waals surface area contributed by atoms with E-state index in [1.165, 1.54) is 0 Å². The van der Waals surface area contributed by atoms with Crippen LogP contribution in [0.15, 0.2) is 30.3 Å². The summed E-state index contributed by atoms with van der Waals surface area (Å²) < 4.78 is 5.46. The molecule has 1 amide bonds. The van der Waals surface area contributed by atoms with Gasteiger partial charge in [-0.3, -0.25) is 9.69 Å². The molecule has 1 aromatic carbocycles. The molecule has 4 heteroatoms. The van der Waals surface area contributed by atoms with E-state index in [0.717, 1.165) is 25.3 Å². The number of hydrogen-bond acceptors (Lipinski definition) is 3. The van der Waals surface area contributed by atoms with Crippen molar-refractivity contribution in [2.75, 3.05) is 26.3 Å². The molecule has 0 aliphatic carbocycles. The summed E-state index contributed by atoms with van der Waals surface area (Å²) in [6, 6.07) is 9.82. The molecule has 1 aromatic rings. The summed E-state index contributed by atoms with van der Waals surface area (Å²) in [6.07, 6.45) is 0. The monoisotopic (exact) mass is 276 g/mol. The van der Waals surface area contributed by atoms with Crippen molar-refractivity contribution < 1.29 is 9.53 Å². The largest absolute Gasteiger partial charge is 0.378 e. The van der Waals surface area contributed by atoms with Crippen molar-refractivity contribution in [2.45, 2.75) is 26.4 Å². The molecule has 1 aliphatic heterocycles. The third-order valence-electron chi connectivity index (χ3n) is 3.45. The second-order valence-electron chi connectivity index (χ2n) is 5.68. The van der Waals surface area contributed by atoms with Gasteiger partial charge in [0.2, 0.25) is 5.91 Å². The molecule has 4 nitrogen and oxygen atoms in total. The molecule has 0 saturated carbocycles. The Labute approximate surface area is 121 Å². The van der Waals surface area contributed by atoms with E-state index < -0.39 is 0 Å². The summed E-state index contributed by atoms with van der Waals surface area (Å²) in [7, 11) is 0. The predicted octanol–water partition coefficient (Wildman–Crippen LogP) is 1.66. The van der Waals surface area contributed by atoms with Crippen molar-refractivity contribution in [3.05, 3.63) is 35.9 Å². The fourth-order valence-electron chi connectivity index (χ4n) is 2.47. The summed E-state index contributed by atoms with van der Waals surface area (Å²) in [5.74, 6) is 0.617. The average molecular weight is 276 g/mol. The minimum atomic E-state index is -0.158. The fourth-order valence-corrected chi connectivity index (χ4v) is 2.47. The lowest BCUT2D eigenvalue weighted by Crippen LogP contribution is -2.54. The van der Waals surface area contributed by atoms with Crippen LogP contribution < -0.4 is 5.32 Å². The highest BCUT2D eigenvalue weighted by Crippen LogP contribution is 2.10. The molecule has 110 valence electrons. The first kappa shape index (κ1) is 15.0. The normalized spacial score (nSPS) is 20.1. The molecule has 0 aromatic heterocycles. The van der Waals surface area contributed by atoms with E-state index in [0.29, 0.717) is 19.1 Å². The molecule has 0 radical (unpaired) electrons. The van der Waals surface area contributed by atoms with E-state index >= 15 is 0 Å². The van der Waals surface area contributed by atoms with Crippen molar-refractivity contribution in [3.8, 4) is 0 Å². The van der Waals surface area contributed by atoms with Crippen molar-refractivity contribution in [1.29, 1.82) is 0 Å². The maximum atomic E-state index is 12.3. The van der Waals surface area contributed by atoms with Crippen LogP contribution in [-0.4, -0.2) is 43.2 Å². The van der Waals surface area contributed by atoms with E-state index in [9.17, 15) is 4.79 Å². The Bertz CT molecular complexity index is 420.